The van der Waals surface area contributed by atoms with Crippen LogP contribution < -0.4 is 10.2 Å². The number of ether oxygens (including phenoxy) is 1. The average molecular weight is 679 g/mol. The van der Waals surface area contributed by atoms with Crippen molar-refractivity contribution in [2.45, 2.75) is 65.3 Å². The molecule has 2 fully saturated rings. The third kappa shape index (κ3) is 10.2. The zero-order valence-electron chi connectivity index (χ0n) is 28.9. The van der Waals surface area contributed by atoms with Crippen LogP contribution in [0.5, 0.6) is 0 Å². The minimum Gasteiger partial charge on any atom is -0.481 e. The lowest BCUT2D eigenvalue weighted by atomic mass is 10.1. The Balaban J connectivity index is 1.50. The first-order chi connectivity index (χ1) is 23.6. The number of hydrogen-bond donors (Lipinski definition) is 2. The zero-order valence-corrected chi connectivity index (χ0v) is 28.9. The Morgan fingerprint density at radius 1 is 0.959 bits per heavy atom. The van der Waals surface area contributed by atoms with Crippen molar-refractivity contribution in [3.63, 3.8) is 0 Å². The van der Waals surface area contributed by atoms with Crippen LogP contribution in [0, 0.1) is 5.92 Å². The fraction of sp³-hybridized carbons (Fsp3) is 0.556. The number of pyridine rings is 1. The largest absolute Gasteiger partial charge is 0.481 e. The van der Waals surface area contributed by atoms with Crippen molar-refractivity contribution in [2.24, 2.45) is 5.92 Å². The van der Waals surface area contributed by atoms with E-state index >= 15 is 0 Å². The number of carbonyl (C=O) groups excluding carboxylic acids is 4. The van der Waals surface area contributed by atoms with Gasteiger partial charge in [-0.1, -0.05) is 50.1 Å². The van der Waals surface area contributed by atoms with Gasteiger partial charge in [0.15, 0.2) is 0 Å². The summed E-state index contributed by atoms with van der Waals surface area (Å²) in [4.78, 5) is 76.3. The Hall–Kier alpha value is -4.68. The fourth-order valence-corrected chi connectivity index (χ4v) is 6.25. The van der Waals surface area contributed by atoms with Crippen LogP contribution in [0.4, 0.5) is 10.5 Å². The number of hydrogen-bond acceptors (Lipinski definition) is 8. The normalized spacial score (nSPS) is 16.6. The molecular weight excluding hydrogens is 628 g/mol. The summed E-state index contributed by atoms with van der Waals surface area (Å²) < 4.78 is 5.35. The van der Waals surface area contributed by atoms with Gasteiger partial charge in [0.2, 0.25) is 11.8 Å². The molecule has 49 heavy (non-hydrogen) atoms. The smallest absolute Gasteiger partial charge is 0.409 e. The molecule has 2 aliphatic rings. The van der Waals surface area contributed by atoms with Crippen molar-refractivity contribution in [1.82, 2.24) is 25.0 Å². The van der Waals surface area contributed by atoms with Crippen LogP contribution in [-0.2, 0) is 19.1 Å². The number of carboxylic acid groups (broad SMARTS) is 1. The molecule has 2 atom stereocenters. The van der Waals surface area contributed by atoms with Crippen LogP contribution in [-0.4, -0.2) is 120 Å². The number of carboxylic acids is 1. The molecule has 0 radical (unpaired) electrons. The van der Waals surface area contributed by atoms with E-state index in [1.807, 2.05) is 55.1 Å². The third-order valence-corrected chi connectivity index (χ3v) is 9.16. The van der Waals surface area contributed by atoms with Crippen LogP contribution >= 0.6 is 0 Å². The second kappa shape index (κ2) is 18.2. The molecule has 266 valence electrons. The average Bonchev–Trinajstić information content (AvgIpc) is 3.63. The van der Waals surface area contributed by atoms with Gasteiger partial charge in [-0.25, -0.2) is 9.78 Å². The number of amides is 4. The molecule has 0 unspecified atom stereocenters. The van der Waals surface area contributed by atoms with Gasteiger partial charge in [-0.2, -0.15) is 0 Å². The van der Waals surface area contributed by atoms with Gasteiger partial charge in [-0.05, 0) is 45.2 Å². The fourth-order valence-electron chi connectivity index (χ4n) is 6.25. The van der Waals surface area contributed by atoms with E-state index in [0.717, 1.165) is 30.5 Å². The summed E-state index contributed by atoms with van der Waals surface area (Å²) in [7, 11) is 0. The summed E-state index contributed by atoms with van der Waals surface area (Å²) >= 11 is 0. The molecule has 13 heteroatoms. The van der Waals surface area contributed by atoms with Crippen molar-refractivity contribution in [2.75, 3.05) is 63.9 Å². The Kier molecular flexibility index (Phi) is 13.8. The van der Waals surface area contributed by atoms with E-state index in [-0.39, 0.29) is 56.5 Å². The van der Waals surface area contributed by atoms with Gasteiger partial charge in [-0.3, -0.25) is 19.2 Å². The van der Waals surface area contributed by atoms with Crippen molar-refractivity contribution < 1.29 is 33.8 Å². The summed E-state index contributed by atoms with van der Waals surface area (Å²) in [6.45, 7) is 9.80. The van der Waals surface area contributed by atoms with Crippen molar-refractivity contribution in [1.29, 1.82) is 0 Å². The number of rotatable bonds is 15. The lowest BCUT2D eigenvalue weighted by Crippen LogP contribution is -2.56. The molecule has 1 aromatic heterocycles. The molecule has 4 rings (SSSR count). The van der Waals surface area contributed by atoms with Gasteiger partial charge in [0.1, 0.15) is 11.7 Å². The number of unbranched alkanes of at least 4 members (excludes halogenated alkanes) is 2. The molecule has 4 amide bonds. The number of benzene rings is 1. The summed E-state index contributed by atoms with van der Waals surface area (Å²) in [5.41, 5.74) is 2.18. The van der Waals surface area contributed by atoms with E-state index in [4.69, 9.17) is 4.74 Å². The molecule has 13 nitrogen and oxygen atoms in total. The molecule has 2 aromatic rings. The Morgan fingerprint density at radius 3 is 2.31 bits per heavy atom. The van der Waals surface area contributed by atoms with E-state index < -0.39 is 29.9 Å². The Bertz CT molecular complexity index is 1440. The minimum absolute atomic E-state index is 0.0821. The molecule has 0 spiro atoms. The number of aromatic nitrogens is 1. The highest BCUT2D eigenvalue weighted by atomic mass is 16.6. The highest BCUT2D eigenvalue weighted by Crippen LogP contribution is 2.29. The standard InChI is InChI=1S/C36H50N6O7/c1-4-7-11-22-49-36(48)41-20-18-40(19-21-41)35(47)29(14-15-32(43)44)38-33(45)31-24-28(23-30(37-31)26-12-9-8-10-13-26)42-17-16-27(25-42)34(46)39(5-2)6-3/h8-10,12-13,23-24,27,29H,4-7,11,14-22,25H2,1-3H3,(H,38,45)(H,43,44)/t27-,29+/m1/s1. The number of anilines is 1. The topological polar surface area (TPSA) is 153 Å². The number of piperazine rings is 1. The van der Waals surface area contributed by atoms with E-state index in [0.29, 0.717) is 44.9 Å². The summed E-state index contributed by atoms with van der Waals surface area (Å²) in [5.74, 6) is -2.15. The number of nitrogens with zero attached hydrogens (tertiary/aromatic N) is 5. The van der Waals surface area contributed by atoms with Crippen LogP contribution in [0.15, 0.2) is 42.5 Å². The highest BCUT2D eigenvalue weighted by Gasteiger charge is 2.33. The van der Waals surface area contributed by atoms with E-state index in [2.05, 4.69) is 22.1 Å². The van der Waals surface area contributed by atoms with Gasteiger partial charge in [-0.15, -0.1) is 0 Å². The number of nitrogens with one attached hydrogen (secondary N) is 1. The van der Waals surface area contributed by atoms with Crippen molar-refractivity contribution in [3.05, 3.63) is 48.2 Å². The van der Waals surface area contributed by atoms with Crippen molar-refractivity contribution in [3.8, 4) is 11.3 Å². The Labute approximate surface area is 288 Å². The first-order valence-electron chi connectivity index (χ1n) is 17.5. The lowest BCUT2D eigenvalue weighted by molar-refractivity contribution is -0.138. The first-order valence-corrected chi connectivity index (χ1v) is 17.5. The molecule has 0 saturated carbocycles. The molecular formula is C36H50N6O7. The highest BCUT2D eigenvalue weighted by molar-refractivity contribution is 5.97. The molecule has 2 saturated heterocycles. The third-order valence-electron chi connectivity index (χ3n) is 9.16. The monoisotopic (exact) mass is 678 g/mol. The Morgan fingerprint density at radius 2 is 1.65 bits per heavy atom. The molecule has 0 aliphatic carbocycles. The maximum atomic E-state index is 13.8. The van der Waals surface area contributed by atoms with Crippen LogP contribution in [0.2, 0.25) is 0 Å². The zero-order chi connectivity index (χ0) is 35.3. The number of carbonyl (C=O) groups is 5. The van der Waals surface area contributed by atoms with Crippen LogP contribution in [0.25, 0.3) is 11.3 Å². The van der Waals surface area contributed by atoms with E-state index in [9.17, 15) is 29.1 Å². The quantitative estimate of drug-likeness (QED) is 0.267. The van der Waals surface area contributed by atoms with Crippen molar-refractivity contribution >= 4 is 35.5 Å². The SMILES string of the molecule is CCCCCOC(=O)N1CCN(C(=O)[C@H](CCC(=O)O)NC(=O)c2cc(N3CC[C@@H](C(=O)N(CC)CC)C3)cc(-c3ccccc3)n2)CC1. The molecule has 2 N–H and O–H groups in total. The second-order valence-electron chi connectivity index (χ2n) is 12.5. The minimum atomic E-state index is -1.11. The molecule has 3 heterocycles. The molecule has 0 bridgehead atoms. The van der Waals surface area contributed by atoms with Gasteiger partial charge >= 0.3 is 12.1 Å². The van der Waals surface area contributed by atoms with Crippen LogP contribution in [0.1, 0.15) is 69.8 Å². The maximum Gasteiger partial charge on any atom is 0.409 e. The summed E-state index contributed by atoms with van der Waals surface area (Å²) in [5, 5.41) is 12.2. The molecule has 1 aromatic carbocycles. The van der Waals surface area contributed by atoms with Gasteiger partial charge in [0.25, 0.3) is 5.91 Å². The van der Waals surface area contributed by atoms with E-state index in [1.54, 1.807) is 15.9 Å². The van der Waals surface area contributed by atoms with Gasteiger partial charge in [0, 0.05) is 70.0 Å². The maximum absolute atomic E-state index is 13.8. The van der Waals surface area contributed by atoms with Gasteiger partial charge < -0.3 is 34.8 Å². The predicted octanol–water partition coefficient (Wildman–Crippen LogP) is 3.88. The van der Waals surface area contributed by atoms with E-state index in [1.165, 1.54) is 0 Å². The lowest BCUT2D eigenvalue weighted by Gasteiger charge is -2.36. The summed E-state index contributed by atoms with van der Waals surface area (Å²) in [6.07, 6.45) is 2.64. The second-order valence-corrected chi connectivity index (χ2v) is 12.5. The molecule has 2 aliphatic heterocycles. The first kappa shape index (κ1) is 37.1. The summed E-state index contributed by atoms with van der Waals surface area (Å²) in [6, 6.07) is 11.9. The van der Waals surface area contributed by atoms with Gasteiger partial charge in [0.05, 0.1) is 18.2 Å². The predicted molar refractivity (Wildman–Crippen MR) is 185 cm³/mol. The van der Waals surface area contributed by atoms with Crippen LogP contribution in [0.3, 0.4) is 0 Å². The number of aliphatic carboxylic acids is 1.